The van der Waals surface area contributed by atoms with Crippen molar-refractivity contribution in [2.24, 2.45) is 20.0 Å². The molecule has 4 rings (SSSR count). The molecule has 0 unspecified atom stereocenters. The van der Waals surface area contributed by atoms with Crippen LogP contribution in [0.25, 0.3) is 10.3 Å². The SMILES string of the molecule is Cc1nn(C)c2nc(N[C@H](c3nccn3C)C3CC3)sc12. The van der Waals surface area contributed by atoms with E-state index in [0.29, 0.717) is 5.92 Å². The molecule has 0 saturated heterocycles. The normalized spacial score (nSPS) is 16.5. The van der Waals surface area contributed by atoms with E-state index in [1.165, 1.54) is 12.8 Å². The summed E-state index contributed by atoms with van der Waals surface area (Å²) in [5, 5.41) is 8.96. The summed E-state index contributed by atoms with van der Waals surface area (Å²) in [6, 6.07) is 0.249. The van der Waals surface area contributed by atoms with Crippen LogP contribution in [-0.4, -0.2) is 24.3 Å². The Bertz CT molecular complexity index is 759. The number of nitrogens with one attached hydrogen (secondary N) is 1. The largest absolute Gasteiger partial charge is 0.351 e. The van der Waals surface area contributed by atoms with Crippen molar-refractivity contribution < 1.29 is 0 Å². The summed E-state index contributed by atoms with van der Waals surface area (Å²) in [6.07, 6.45) is 6.38. The molecular weight excluding hydrogens is 284 g/mol. The first-order valence-corrected chi connectivity index (χ1v) is 7.99. The van der Waals surface area contributed by atoms with Gasteiger partial charge in [-0.1, -0.05) is 11.3 Å². The Kier molecular flexibility index (Phi) is 2.78. The lowest BCUT2D eigenvalue weighted by Gasteiger charge is -2.17. The van der Waals surface area contributed by atoms with E-state index < -0.39 is 0 Å². The van der Waals surface area contributed by atoms with Crippen LogP contribution in [0, 0.1) is 12.8 Å². The van der Waals surface area contributed by atoms with E-state index >= 15 is 0 Å². The van der Waals surface area contributed by atoms with Gasteiger partial charge in [-0.05, 0) is 25.7 Å². The van der Waals surface area contributed by atoms with E-state index in [-0.39, 0.29) is 6.04 Å². The van der Waals surface area contributed by atoms with Crippen LogP contribution in [0.2, 0.25) is 0 Å². The average molecular weight is 302 g/mol. The van der Waals surface area contributed by atoms with Crippen molar-refractivity contribution in [3.05, 3.63) is 23.9 Å². The number of aryl methyl sites for hydroxylation is 3. The number of imidazole rings is 1. The van der Waals surface area contributed by atoms with Crippen molar-refractivity contribution in [1.29, 1.82) is 0 Å². The minimum Gasteiger partial charge on any atom is -0.351 e. The van der Waals surface area contributed by atoms with Gasteiger partial charge in [-0.3, -0.25) is 0 Å². The van der Waals surface area contributed by atoms with Crippen LogP contribution in [0.1, 0.15) is 30.4 Å². The van der Waals surface area contributed by atoms with Crippen LogP contribution in [0.15, 0.2) is 12.4 Å². The maximum Gasteiger partial charge on any atom is 0.186 e. The maximum absolute atomic E-state index is 4.69. The molecule has 0 bridgehead atoms. The van der Waals surface area contributed by atoms with Crippen LogP contribution in [-0.2, 0) is 14.1 Å². The Morgan fingerprint density at radius 1 is 1.38 bits per heavy atom. The Morgan fingerprint density at radius 2 is 2.19 bits per heavy atom. The molecule has 0 aromatic carbocycles. The van der Waals surface area contributed by atoms with Gasteiger partial charge in [0, 0.05) is 26.5 Å². The van der Waals surface area contributed by atoms with Gasteiger partial charge >= 0.3 is 0 Å². The monoisotopic (exact) mass is 302 g/mol. The molecule has 0 amide bonds. The van der Waals surface area contributed by atoms with E-state index in [0.717, 1.165) is 27.0 Å². The van der Waals surface area contributed by atoms with Gasteiger partial charge in [-0.25, -0.2) is 14.6 Å². The smallest absolute Gasteiger partial charge is 0.186 e. The van der Waals surface area contributed by atoms with Gasteiger partial charge in [0.15, 0.2) is 10.8 Å². The van der Waals surface area contributed by atoms with E-state index in [1.807, 2.05) is 38.1 Å². The van der Waals surface area contributed by atoms with Gasteiger partial charge in [0.25, 0.3) is 0 Å². The summed E-state index contributed by atoms with van der Waals surface area (Å²) in [6.45, 7) is 2.03. The third-order valence-corrected chi connectivity index (χ3v) is 5.14. The number of fused-ring (bicyclic) bond motifs is 1. The molecule has 1 saturated carbocycles. The highest BCUT2D eigenvalue weighted by molar-refractivity contribution is 7.22. The summed E-state index contributed by atoms with van der Waals surface area (Å²) in [7, 11) is 3.99. The Balaban J connectivity index is 1.68. The minimum absolute atomic E-state index is 0.249. The Morgan fingerprint density at radius 3 is 2.81 bits per heavy atom. The van der Waals surface area contributed by atoms with Crippen LogP contribution in [0.5, 0.6) is 0 Å². The molecule has 1 aliphatic carbocycles. The quantitative estimate of drug-likeness (QED) is 0.805. The fourth-order valence-corrected chi connectivity index (χ4v) is 3.75. The number of hydrogen-bond donors (Lipinski definition) is 1. The van der Waals surface area contributed by atoms with Crippen molar-refractivity contribution in [3.63, 3.8) is 0 Å². The number of thiazole rings is 1. The van der Waals surface area contributed by atoms with Crippen molar-refractivity contribution in [2.75, 3.05) is 5.32 Å². The van der Waals surface area contributed by atoms with Gasteiger partial charge in [0.2, 0.25) is 0 Å². The summed E-state index contributed by atoms with van der Waals surface area (Å²) in [5.41, 5.74) is 1.99. The summed E-state index contributed by atoms with van der Waals surface area (Å²) >= 11 is 1.68. The second-order valence-electron chi connectivity index (χ2n) is 5.74. The predicted molar refractivity (Wildman–Crippen MR) is 83.4 cm³/mol. The van der Waals surface area contributed by atoms with Gasteiger partial charge < -0.3 is 9.88 Å². The number of anilines is 1. The maximum atomic E-state index is 4.69. The van der Waals surface area contributed by atoms with Crippen molar-refractivity contribution in [2.45, 2.75) is 25.8 Å². The number of nitrogens with zero attached hydrogens (tertiary/aromatic N) is 5. The van der Waals surface area contributed by atoms with Gasteiger partial charge in [0.1, 0.15) is 5.82 Å². The van der Waals surface area contributed by atoms with E-state index in [9.17, 15) is 0 Å². The molecule has 7 heteroatoms. The number of aromatic nitrogens is 5. The Labute approximate surface area is 126 Å². The van der Waals surface area contributed by atoms with Crippen LogP contribution < -0.4 is 5.32 Å². The molecule has 0 aliphatic heterocycles. The first-order chi connectivity index (χ1) is 10.1. The average Bonchev–Trinajstić information content (AvgIpc) is 2.97. The Hall–Kier alpha value is -1.89. The molecule has 0 spiro atoms. The molecule has 1 aliphatic rings. The first kappa shape index (κ1) is 12.8. The highest BCUT2D eigenvalue weighted by atomic mass is 32.1. The molecule has 110 valence electrons. The predicted octanol–water partition coefficient (Wildman–Crippen LogP) is 2.63. The first-order valence-electron chi connectivity index (χ1n) is 7.17. The van der Waals surface area contributed by atoms with Crippen molar-refractivity contribution >= 4 is 26.8 Å². The van der Waals surface area contributed by atoms with Crippen LogP contribution in [0.3, 0.4) is 0 Å². The zero-order valence-corrected chi connectivity index (χ0v) is 13.2. The van der Waals surface area contributed by atoms with Crippen molar-refractivity contribution in [1.82, 2.24) is 24.3 Å². The molecule has 0 radical (unpaired) electrons. The molecule has 6 nitrogen and oxygen atoms in total. The second-order valence-corrected chi connectivity index (χ2v) is 6.74. The molecule has 3 aromatic heterocycles. The van der Waals surface area contributed by atoms with Crippen LogP contribution >= 0.6 is 11.3 Å². The third-order valence-electron chi connectivity index (χ3n) is 4.05. The lowest BCUT2D eigenvalue weighted by molar-refractivity contribution is 0.606. The van der Waals surface area contributed by atoms with Crippen LogP contribution in [0.4, 0.5) is 5.13 Å². The van der Waals surface area contributed by atoms with E-state index in [4.69, 9.17) is 4.98 Å². The highest BCUT2D eigenvalue weighted by Crippen LogP contribution is 2.43. The van der Waals surface area contributed by atoms with Gasteiger partial charge in [-0.2, -0.15) is 5.10 Å². The zero-order chi connectivity index (χ0) is 14.6. The zero-order valence-electron chi connectivity index (χ0n) is 12.4. The molecule has 21 heavy (non-hydrogen) atoms. The molecule has 1 N–H and O–H groups in total. The third kappa shape index (κ3) is 2.12. The number of rotatable bonds is 4. The van der Waals surface area contributed by atoms with E-state index in [2.05, 4.69) is 20.0 Å². The summed E-state index contributed by atoms with van der Waals surface area (Å²) in [5.74, 6) is 1.75. The fourth-order valence-electron chi connectivity index (χ4n) is 2.78. The second kappa shape index (κ2) is 4.56. The number of hydrogen-bond acceptors (Lipinski definition) is 5. The molecule has 3 heterocycles. The lowest BCUT2D eigenvalue weighted by Crippen LogP contribution is -2.17. The standard InChI is InChI=1S/C14H18N6S/c1-8-11-13(20(3)18-8)17-14(21-11)16-10(9-4-5-9)12-15-6-7-19(12)2/h6-7,9-10H,4-5H2,1-3H3,(H,16,17)/t10-/m0/s1. The topological polar surface area (TPSA) is 60.6 Å². The van der Waals surface area contributed by atoms with Crippen molar-refractivity contribution in [3.8, 4) is 0 Å². The molecule has 1 atom stereocenters. The van der Waals surface area contributed by atoms with Gasteiger partial charge in [0.05, 0.1) is 16.4 Å². The molecule has 1 fully saturated rings. The highest BCUT2D eigenvalue weighted by Gasteiger charge is 2.35. The lowest BCUT2D eigenvalue weighted by atomic mass is 10.2. The summed E-state index contributed by atoms with van der Waals surface area (Å²) in [4.78, 5) is 9.20. The van der Waals surface area contributed by atoms with E-state index in [1.54, 1.807) is 11.3 Å². The van der Waals surface area contributed by atoms with Gasteiger partial charge in [-0.15, -0.1) is 0 Å². The minimum atomic E-state index is 0.249. The molecule has 3 aromatic rings. The fraction of sp³-hybridized carbons (Fsp3) is 0.500. The summed E-state index contributed by atoms with van der Waals surface area (Å²) < 4.78 is 5.10. The molecular formula is C14H18N6S.